The molecule has 0 spiro atoms. The Bertz CT molecular complexity index is 1260. The van der Waals surface area contributed by atoms with Gasteiger partial charge in [-0.05, 0) is 36.4 Å². The van der Waals surface area contributed by atoms with Crippen molar-refractivity contribution in [2.45, 2.75) is 9.79 Å². The summed E-state index contributed by atoms with van der Waals surface area (Å²) in [7, 11) is -8.05. The second-order valence-corrected chi connectivity index (χ2v) is 10.1. The van der Waals surface area contributed by atoms with Gasteiger partial charge in [-0.2, -0.15) is 0 Å². The Balaban J connectivity index is 1.82. The molecule has 29 heavy (non-hydrogen) atoms. The minimum atomic E-state index is -4.16. The number of nitro groups is 1. The fourth-order valence-electron chi connectivity index (χ4n) is 2.16. The van der Waals surface area contributed by atoms with Crippen LogP contribution in [0.4, 0.5) is 16.5 Å². The van der Waals surface area contributed by atoms with E-state index in [-0.39, 0.29) is 25.6 Å². The highest BCUT2D eigenvalue weighted by atomic mass is 35.5. The van der Waals surface area contributed by atoms with Gasteiger partial charge in [-0.15, -0.1) is 11.3 Å². The van der Waals surface area contributed by atoms with Gasteiger partial charge < -0.3 is 0 Å². The third kappa shape index (κ3) is 4.82. The minimum Gasteiger partial charge on any atom is -0.280 e. The van der Waals surface area contributed by atoms with Crippen molar-refractivity contribution in [2.75, 3.05) is 9.44 Å². The summed E-state index contributed by atoms with van der Waals surface area (Å²) in [5, 5.41) is 12.5. The molecule has 0 atom stereocenters. The van der Waals surface area contributed by atoms with Gasteiger partial charge in [0, 0.05) is 23.3 Å². The van der Waals surface area contributed by atoms with Gasteiger partial charge in [0.1, 0.15) is 5.02 Å². The lowest BCUT2D eigenvalue weighted by Gasteiger charge is -2.10. The van der Waals surface area contributed by atoms with E-state index < -0.39 is 30.7 Å². The van der Waals surface area contributed by atoms with E-state index in [0.29, 0.717) is 0 Å². The Morgan fingerprint density at radius 2 is 1.59 bits per heavy atom. The molecule has 10 nitrogen and oxygen atoms in total. The number of sulfonamides is 2. The number of hydrogen-bond donors (Lipinski definition) is 2. The van der Waals surface area contributed by atoms with Crippen LogP contribution in [0, 0.1) is 10.1 Å². The Morgan fingerprint density at radius 3 is 2.17 bits per heavy atom. The lowest BCUT2D eigenvalue weighted by Crippen LogP contribution is -2.14. The molecule has 0 amide bonds. The first-order chi connectivity index (χ1) is 13.6. The maximum absolute atomic E-state index is 12.5. The largest absolute Gasteiger partial charge is 0.289 e. The number of thiazole rings is 1. The Morgan fingerprint density at radius 1 is 0.966 bits per heavy atom. The minimum absolute atomic E-state index is 0.0656. The average Bonchev–Trinajstić information content (AvgIpc) is 3.14. The van der Waals surface area contributed by atoms with E-state index in [1.165, 1.54) is 30.5 Å². The number of nitrogens with one attached hydrogen (secondary N) is 2. The highest BCUT2D eigenvalue weighted by Gasteiger charge is 2.21. The van der Waals surface area contributed by atoms with Crippen molar-refractivity contribution in [2.24, 2.45) is 0 Å². The summed E-state index contributed by atoms with van der Waals surface area (Å²) in [5.74, 6) is 0. The Labute approximate surface area is 174 Å². The van der Waals surface area contributed by atoms with Crippen molar-refractivity contribution in [3.8, 4) is 0 Å². The molecule has 1 aromatic heterocycles. The maximum atomic E-state index is 12.5. The van der Waals surface area contributed by atoms with Crippen molar-refractivity contribution in [1.29, 1.82) is 0 Å². The fraction of sp³-hybridized carbons (Fsp3) is 0. The van der Waals surface area contributed by atoms with Gasteiger partial charge in [0.05, 0.1) is 14.7 Å². The van der Waals surface area contributed by atoms with Crippen molar-refractivity contribution >= 4 is 59.5 Å². The molecule has 0 unspecified atom stereocenters. The molecule has 0 fully saturated rings. The second-order valence-electron chi connectivity index (χ2n) is 5.44. The number of benzene rings is 2. The summed E-state index contributed by atoms with van der Waals surface area (Å²) in [4.78, 5) is 13.5. The summed E-state index contributed by atoms with van der Waals surface area (Å²) in [6, 6.07) is 7.97. The molecule has 0 bridgehead atoms. The molecule has 3 rings (SSSR count). The molecule has 14 heteroatoms. The molecule has 2 aromatic carbocycles. The van der Waals surface area contributed by atoms with Gasteiger partial charge in [0.2, 0.25) is 0 Å². The van der Waals surface area contributed by atoms with Crippen LogP contribution in [-0.2, 0) is 20.0 Å². The average molecular weight is 475 g/mol. The number of rotatable bonds is 7. The predicted octanol–water partition coefficient (Wildman–Crippen LogP) is 3.31. The third-order valence-electron chi connectivity index (χ3n) is 3.50. The molecular formula is C15H11ClN4O6S3. The SMILES string of the molecule is O=[N+]([O-])c1cc(S(=O)(=O)Nc2ccc(S(=O)(=O)Nc3nccs3)cc2)ccc1Cl. The summed E-state index contributed by atoms with van der Waals surface area (Å²) in [5.41, 5.74) is -0.486. The van der Waals surface area contributed by atoms with E-state index in [1.54, 1.807) is 5.38 Å². The monoisotopic (exact) mass is 474 g/mol. The molecule has 0 aliphatic heterocycles. The lowest BCUT2D eigenvalue weighted by atomic mass is 10.3. The lowest BCUT2D eigenvalue weighted by molar-refractivity contribution is -0.384. The first kappa shape index (κ1) is 21.0. The van der Waals surface area contributed by atoms with Gasteiger partial charge in [-0.25, -0.2) is 21.8 Å². The zero-order chi connectivity index (χ0) is 21.2. The number of nitro benzene ring substituents is 1. The smallest absolute Gasteiger partial charge is 0.280 e. The summed E-state index contributed by atoms with van der Waals surface area (Å²) in [6.07, 6.45) is 1.45. The van der Waals surface area contributed by atoms with Crippen LogP contribution in [0.5, 0.6) is 0 Å². The predicted molar refractivity (Wildman–Crippen MR) is 108 cm³/mol. The van der Waals surface area contributed by atoms with Crippen molar-refractivity contribution in [1.82, 2.24) is 4.98 Å². The van der Waals surface area contributed by atoms with Gasteiger partial charge >= 0.3 is 0 Å². The van der Waals surface area contributed by atoms with Gasteiger partial charge in [0.25, 0.3) is 25.7 Å². The third-order valence-corrected chi connectivity index (χ3v) is 7.37. The van der Waals surface area contributed by atoms with Crippen LogP contribution >= 0.6 is 22.9 Å². The topological polar surface area (TPSA) is 148 Å². The van der Waals surface area contributed by atoms with Crippen LogP contribution in [-0.4, -0.2) is 26.7 Å². The van der Waals surface area contributed by atoms with Crippen LogP contribution < -0.4 is 9.44 Å². The highest BCUT2D eigenvalue weighted by molar-refractivity contribution is 7.93. The molecule has 0 saturated heterocycles. The van der Waals surface area contributed by atoms with E-state index in [1.807, 2.05) is 0 Å². The number of nitrogens with zero attached hydrogens (tertiary/aromatic N) is 2. The highest BCUT2D eigenvalue weighted by Crippen LogP contribution is 2.28. The molecule has 0 aliphatic rings. The number of halogens is 1. The van der Waals surface area contributed by atoms with Crippen molar-refractivity contribution in [3.63, 3.8) is 0 Å². The van der Waals surface area contributed by atoms with Crippen molar-refractivity contribution < 1.29 is 21.8 Å². The van der Waals surface area contributed by atoms with E-state index >= 15 is 0 Å². The molecule has 2 N–H and O–H groups in total. The Kier molecular flexibility index (Phi) is 5.75. The van der Waals surface area contributed by atoms with E-state index in [2.05, 4.69) is 14.4 Å². The summed E-state index contributed by atoms with van der Waals surface area (Å²) in [6.45, 7) is 0. The zero-order valence-corrected chi connectivity index (χ0v) is 17.3. The van der Waals surface area contributed by atoms with Gasteiger partial charge in [0.15, 0.2) is 5.13 Å². The summed E-state index contributed by atoms with van der Waals surface area (Å²) < 4.78 is 54.0. The molecular weight excluding hydrogens is 464 g/mol. The first-order valence-electron chi connectivity index (χ1n) is 7.58. The van der Waals surface area contributed by atoms with Gasteiger partial charge in [-0.3, -0.25) is 19.6 Å². The molecule has 1 heterocycles. The van der Waals surface area contributed by atoms with Crippen molar-refractivity contribution in [3.05, 3.63) is 69.2 Å². The number of hydrogen-bond acceptors (Lipinski definition) is 8. The quantitative estimate of drug-likeness (QED) is 0.394. The van der Waals surface area contributed by atoms with Crippen LogP contribution in [0.2, 0.25) is 5.02 Å². The zero-order valence-electron chi connectivity index (χ0n) is 14.1. The number of aromatic nitrogens is 1. The van der Waals surface area contributed by atoms with Crippen LogP contribution in [0.25, 0.3) is 0 Å². The summed E-state index contributed by atoms with van der Waals surface area (Å²) >= 11 is 6.80. The molecule has 0 radical (unpaired) electrons. The van der Waals surface area contributed by atoms with Crippen LogP contribution in [0.3, 0.4) is 0 Å². The molecule has 3 aromatic rings. The van der Waals surface area contributed by atoms with E-state index in [0.717, 1.165) is 29.5 Å². The van der Waals surface area contributed by atoms with E-state index in [4.69, 9.17) is 11.6 Å². The van der Waals surface area contributed by atoms with Crippen LogP contribution in [0.15, 0.2) is 63.8 Å². The number of anilines is 2. The maximum Gasteiger partial charge on any atom is 0.289 e. The van der Waals surface area contributed by atoms with E-state index in [9.17, 15) is 26.9 Å². The second kappa shape index (κ2) is 7.94. The molecule has 152 valence electrons. The molecule has 0 saturated carbocycles. The van der Waals surface area contributed by atoms with Crippen LogP contribution in [0.1, 0.15) is 0 Å². The fourth-order valence-corrected chi connectivity index (χ4v) is 5.22. The first-order valence-corrected chi connectivity index (χ1v) is 11.8. The normalized spacial score (nSPS) is 11.8. The molecule has 0 aliphatic carbocycles. The Hall–Kier alpha value is -2.74. The standard InChI is InChI=1S/C15H11ClN4O6S3/c16-13-6-5-12(9-14(13)20(21)22)29(25,26)18-10-1-3-11(4-2-10)28(23,24)19-15-17-7-8-27-15/h1-9,18H,(H,17,19). The van der Waals surface area contributed by atoms with Gasteiger partial charge in [-0.1, -0.05) is 11.6 Å².